The third-order valence-electron chi connectivity index (χ3n) is 4.62. The van der Waals surface area contributed by atoms with E-state index in [-0.39, 0.29) is 23.7 Å². The number of ketones is 1. The van der Waals surface area contributed by atoms with Crippen LogP contribution in [0.15, 0.2) is 35.5 Å². The van der Waals surface area contributed by atoms with Gasteiger partial charge in [-0.25, -0.2) is 0 Å². The summed E-state index contributed by atoms with van der Waals surface area (Å²) in [6, 6.07) is 8.40. The molecule has 2 aromatic rings. The number of nitrogens with zero attached hydrogens (tertiary/aromatic N) is 1. The molecule has 7 nitrogen and oxygen atoms in total. The number of thiophene rings is 1. The zero-order valence-electron chi connectivity index (χ0n) is 16.6. The van der Waals surface area contributed by atoms with Crippen LogP contribution in [0.4, 0.5) is 5.69 Å². The van der Waals surface area contributed by atoms with Crippen LogP contribution in [0.3, 0.4) is 0 Å². The van der Waals surface area contributed by atoms with Crippen LogP contribution < -0.4 is 10.6 Å². The van der Waals surface area contributed by atoms with Gasteiger partial charge in [0.05, 0.1) is 22.0 Å². The first-order valence-electron chi connectivity index (χ1n) is 9.40. The lowest BCUT2D eigenvalue weighted by atomic mass is 10.1. The molecular weight excluding hydrogens is 390 g/mol. The monoisotopic (exact) mass is 413 g/mol. The van der Waals surface area contributed by atoms with Crippen LogP contribution in [0.2, 0.25) is 0 Å². The number of hydrogen-bond donors (Lipinski definition) is 2. The van der Waals surface area contributed by atoms with Gasteiger partial charge in [-0.05, 0) is 50.1 Å². The van der Waals surface area contributed by atoms with E-state index in [0.29, 0.717) is 27.5 Å². The van der Waals surface area contributed by atoms with E-state index in [4.69, 9.17) is 4.84 Å². The van der Waals surface area contributed by atoms with E-state index < -0.39 is 0 Å². The molecule has 0 aliphatic carbocycles. The molecular formula is C21H23N3O4S. The molecule has 2 amide bonds. The molecule has 1 aromatic heterocycles. The minimum absolute atomic E-state index is 0.0772. The Labute approximate surface area is 173 Å². The standard InChI is InChI=1S/C21H23N3O4S/c1-4-15-10-16(28-24-15)11-22-20(26)14-6-5-12(2)17(9-14)23-21(27)19-8-7-18(29-19)13(3)25/h5-9,16H,4,10-11H2,1-3H3,(H,22,26)(H,23,27). The minimum atomic E-state index is -0.313. The molecule has 0 bridgehead atoms. The molecule has 3 rings (SSSR count). The lowest BCUT2D eigenvalue weighted by Gasteiger charge is -2.12. The highest BCUT2D eigenvalue weighted by Crippen LogP contribution is 2.22. The number of nitrogens with one attached hydrogen (secondary N) is 2. The van der Waals surface area contributed by atoms with Gasteiger partial charge in [-0.1, -0.05) is 18.1 Å². The summed E-state index contributed by atoms with van der Waals surface area (Å²) >= 11 is 1.14. The van der Waals surface area contributed by atoms with Crippen molar-refractivity contribution in [3.63, 3.8) is 0 Å². The third-order valence-corrected chi connectivity index (χ3v) is 5.80. The number of hydrogen-bond acceptors (Lipinski definition) is 6. The van der Waals surface area contributed by atoms with Gasteiger partial charge in [-0.15, -0.1) is 11.3 Å². The highest BCUT2D eigenvalue weighted by molar-refractivity contribution is 7.16. The van der Waals surface area contributed by atoms with Crippen LogP contribution in [0, 0.1) is 6.92 Å². The highest BCUT2D eigenvalue weighted by atomic mass is 32.1. The Morgan fingerprint density at radius 3 is 2.59 bits per heavy atom. The van der Waals surface area contributed by atoms with Gasteiger partial charge in [0.25, 0.3) is 11.8 Å². The van der Waals surface area contributed by atoms with E-state index in [9.17, 15) is 14.4 Å². The van der Waals surface area contributed by atoms with Crippen LogP contribution in [0.5, 0.6) is 0 Å². The second-order valence-corrected chi connectivity index (χ2v) is 7.94. The Bertz CT molecular complexity index is 980. The first-order chi connectivity index (χ1) is 13.9. The largest absolute Gasteiger partial charge is 0.390 e. The predicted molar refractivity (Wildman–Crippen MR) is 113 cm³/mol. The molecule has 1 unspecified atom stereocenters. The molecule has 2 N–H and O–H groups in total. The van der Waals surface area contributed by atoms with E-state index in [2.05, 4.69) is 15.8 Å². The van der Waals surface area contributed by atoms with Crippen LogP contribution >= 0.6 is 11.3 Å². The summed E-state index contributed by atoms with van der Waals surface area (Å²) in [5, 5.41) is 9.65. The molecule has 2 heterocycles. The summed E-state index contributed by atoms with van der Waals surface area (Å²) in [4.78, 5) is 42.7. The Balaban J connectivity index is 1.63. The smallest absolute Gasteiger partial charge is 0.265 e. The number of amides is 2. The van der Waals surface area contributed by atoms with Gasteiger partial charge in [0.15, 0.2) is 5.78 Å². The summed E-state index contributed by atoms with van der Waals surface area (Å²) in [7, 11) is 0. The molecule has 0 saturated heterocycles. The average Bonchev–Trinajstić information content (AvgIpc) is 3.37. The van der Waals surface area contributed by atoms with Crippen molar-refractivity contribution < 1.29 is 19.2 Å². The fourth-order valence-electron chi connectivity index (χ4n) is 2.84. The van der Waals surface area contributed by atoms with Crippen LogP contribution in [0.25, 0.3) is 0 Å². The Hall–Kier alpha value is -3.00. The van der Waals surface area contributed by atoms with Crippen molar-refractivity contribution in [1.82, 2.24) is 5.32 Å². The number of carbonyl (C=O) groups is 3. The van der Waals surface area contributed by atoms with E-state index in [1.54, 1.807) is 30.3 Å². The van der Waals surface area contributed by atoms with Crippen LogP contribution in [-0.4, -0.2) is 36.0 Å². The number of carbonyl (C=O) groups excluding carboxylic acids is 3. The molecule has 0 spiro atoms. The van der Waals surface area contributed by atoms with Crippen molar-refractivity contribution in [3.05, 3.63) is 51.2 Å². The maximum absolute atomic E-state index is 12.5. The van der Waals surface area contributed by atoms with E-state index in [1.807, 2.05) is 13.8 Å². The van der Waals surface area contributed by atoms with Gasteiger partial charge >= 0.3 is 0 Å². The Kier molecular flexibility index (Phi) is 6.43. The fourth-order valence-corrected chi connectivity index (χ4v) is 3.64. The van der Waals surface area contributed by atoms with Crippen molar-refractivity contribution in [2.24, 2.45) is 5.16 Å². The van der Waals surface area contributed by atoms with Crippen molar-refractivity contribution >= 4 is 40.3 Å². The lowest BCUT2D eigenvalue weighted by molar-refractivity contribution is 0.0753. The zero-order chi connectivity index (χ0) is 21.0. The van der Waals surface area contributed by atoms with Gasteiger partial charge in [0.1, 0.15) is 6.10 Å². The molecule has 152 valence electrons. The Morgan fingerprint density at radius 1 is 1.17 bits per heavy atom. The fraction of sp³-hybridized carbons (Fsp3) is 0.333. The summed E-state index contributed by atoms with van der Waals surface area (Å²) < 4.78 is 0. The molecule has 0 fully saturated rings. The van der Waals surface area contributed by atoms with Gasteiger partial charge < -0.3 is 15.5 Å². The molecule has 1 atom stereocenters. The number of anilines is 1. The number of oxime groups is 1. The summed E-state index contributed by atoms with van der Waals surface area (Å²) in [5.74, 6) is -0.637. The number of benzene rings is 1. The first kappa shape index (κ1) is 20.7. The lowest BCUT2D eigenvalue weighted by Crippen LogP contribution is -2.32. The summed E-state index contributed by atoms with van der Waals surface area (Å²) in [6.45, 7) is 5.70. The minimum Gasteiger partial charge on any atom is -0.390 e. The third kappa shape index (κ3) is 5.08. The summed E-state index contributed by atoms with van der Waals surface area (Å²) in [5.41, 5.74) is 2.81. The van der Waals surface area contributed by atoms with E-state index >= 15 is 0 Å². The maximum Gasteiger partial charge on any atom is 0.265 e. The quantitative estimate of drug-likeness (QED) is 0.675. The van der Waals surface area contributed by atoms with Gasteiger partial charge in [0, 0.05) is 17.7 Å². The van der Waals surface area contributed by atoms with Crippen molar-refractivity contribution in [2.75, 3.05) is 11.9 Å². The molecule has 1 aromatic carbocycles. The molecule has 1 aliphatic heterocycles. The number of rotatable bonds is 7. The van der Waals surface area contributed by atoms with Gasteiger partial charge in [0.2, 0.25) is 0 Å². The molecule has 8 heteroatoms. The number of aryl methyl sites for hydroxylation is 1. The zero-order valence-corrected chi connectivity index (χ0v) is 17.4. The normalized spacial score (nSPS) is 15.4. The maximum atomic E-state index is 12.5. The van der Waals surface area contributed by atoms with Gasteiger partial charge in [-0.2, -0.15) is 0 Å². The Morgan fingerprint density at radius 2 is 1.93 bits per heavy atom. The summed E-state index contributed by atoms with van der Waals surface area (Å²) in [6.07, 6.45) is 1.41. The van der Waals surface area contributed by atoms with Gasteiger partial charge in [-0.3, -0.25) is 14.4 Å². The van der Waals surface area contributed by atoms with Crippen molar-refractivity contribution in [1.29, 1.82) is 0 Å². The molecule has 0 saturated carbocycles. The second-order valence-electron chi connectivity index (χ2n) is 6.86. The second kappa shape index (κ2) is 9.00. The molecule has 0 radical (unpaired) electrons. The number of Topliss-reactive ketones (excluding diaryl/α,β-unsaturated/α-hetero) is 1. The van der Waals surface area contributed by atoms with Crippen molar-refractivity contribution in [3.8, 4) is 0 Å². The van der Waals surface area contributed by atoms with Crippen LogP contribution in [0.1, 0.15) is 62.0 Å². The topological polar surface area (TPSA) is 96.9 Å². The van der Waals surface area contributed by atoms with Crippen molar-refractivity contribution in [2.45, 2.75) is 39.7 Å². The molecule has 29 heavy (non-hydrogen) atoms. The first-order valence-corrected chi connectivity index (χ1v) is 10.2. The average molecular weight is 413 g/mol. The highest BCUT2D eigenvalue weighted by Gasteiger charge is 2.21. The SMILES string of the molecule is CCC1=NOC(CNC(=O)c2ccc(C)c(NC(=O)c3ccc(C(C)=O)s3)c2)C1. The van der Waals surface area contributed by atoms with E-state index in [1.165, 1.54) is 6.92 Å². The predicted octanol–water partition coefficient (Wildman–Crippen LogP) is 3.80. The molecule has 1 aliphatic rings. The van der Waals surface area contributed by atoms with E-state index in [0.717, 1.165) is 35.5 Å². The van der Waals surface area contributed by atoms with Crippen LogP contribution in [-0.2, 0) is 4.84 Å².